The van der Waals surface area contributed by atoms with E-state index in [0.29, 0.717) is 37.6 Å². The van der Waals surface area contributed by atoms with E-state index >= 15 is 0 Å². The number of halogens is 3. The Morgan fingerprint density at radius 3 is 2.42 bits per heavy atom. The van der Waals surface area contributed by atoms with Gasteiger partial charge < -0.3 is 14.2 Å². The van der Waals surface area contributed by atoms with Crippen molar-refractivity contribution < 1.29 is 17.9 Å². The van der Waals surface area contributed by atoms with Crippen LogP contribution in [0.1, 0.15) is 5.56 Å². The van der Waals surface area contributed by atoms with Crippen LogP contribution in [-0.2, 0) is 10.9 Å². The number of alkyl halides is 3. The van der Waals surface area contributed by atoms with Gasteiger partial charge in [-0.1, -0.05) is 36.4 Å². The first-order chi connectivity index (χ1) is 15.0. The molecule has 8 heteroatoms. The number of ether oxygens (including phenoxy) is 1. The predicted molar refractivity (Wildman–Crippen MR) is 112 cm³/mol. The van der Waals surface area contributed by atoms with Crippen LogP contribution in [0.5, 0.6) is 0 Å². The molecule has 1 fully saturated rings. The van der Waals surface area contributed by atoms with Crippen molar-refractivity contribution in [2.24, 2.45) is 0 Å². The third kappa shape index (κ3) is 3.63. The van der Waals surface area contributed by atoms with E-state index < -0.39 is 11.7 Å². The van der Waals surface area contributed by atoms with Crippen LogP contribution >= 0.6 is 0 Å². The first-order valence-corrected chi connectivity index (χ1v) is 9.94. The molecule has 5 rings (SSSR count). The van der Waals surface area contributed by atoms with Crippen LogP contribution in [-0.4, -0.2) is 40.8 Å². The Bertz CT molecular complexity index is 1210. The summed E-state index contributed by atoms with van der Waals surface area (Å²) in [5.74, 6) is 0.762. The number of aromatic nitrogens is 3. The molecule has 0 unspecified atom stereocenters. The summed E-state index contributed by atoms with van der Waals surface area (Å²) in [6.07, 6.45) is -1.12. The number of nitrogens with zero attached hydrogens (tertiary/aromatic N) is 4. The molecule has 5 nitrogen and oxygen atoms in total. The lowest BCUT2D eigenvalue weighted by Crippen LogP contribution is -2.36. The van der Waals surface area contributed by atoms with E-state index in [4.69, 9.17) is 4.74 Å². The molecular weight excluding hydrogens is 405 g/mol. The molecule has 0 amide bonds. The van der Waals surface area contributed by atoms with Gasteiger partial charge >= 0.3 is 6.18 Å². The average Bonchev–Trinajstić information content (AvgIpc) is 3.20. The van der Waals surface area contributed by atoms with Crippen molar-refractivity contribution in [3.63, 3.8) is 0 Å². The molecule has 0 bridgehead atoms. The summed E-state index contributed by atoms with van der Waals surface area (Å²) in [4.78, 5) is 11.1. The smallest absolute Gasteiger partial charge is 0.378 e. The van der Waals surface area contributed by atoms with Crippen molar-refractivity contribution in [3.8, 4) is 16.8 Å². The maximum Gasteiger partial charge on any atom is 0.416 e. The Morgan fingerprint density at radius 2 is 1.68 bits per heavy atom. The topological polar surface area (TPSA) is 43.2 Å². The summed E-state index contributed by atoms with van der Waals surface area (Å²) in [5.41, 5.74) is 2.08. The van der Waals surface area contributed by atoms with Gasteiger partial charge in [0.1, 0.15) is 12.1 Å². The van der Waals surface area contributed by atoms with Gasteiger partial charge in [0.15, 0.2) is 5.65 Å². The molecule has 31 heavy (non-hydrogen) atoms. The molecule has 0 N–H and O–H groups in total. The van der Waals surface area contributed by atoms with Gasteiger partial charge in [-0.2, -0.15) is 13.2 Å². The van der Waals surface area contributed by atoms with E-state index in [0.717, 1.165) is 34.5 Å². The second-order valence-electron chi connectivity index (χ2n) is 7.32. The zero-order chi connectivity index (χ0) is 21.4. The lowest BCUT2D eigenvalue weighted by atomic mass is 10.1. The fourth-order valence-electron chi connectivity index (χ4n) is 3.93. The molecular formula is C23H19F3N4O. The lowest BCUT2D eigenvalue weighted by molar-refractivity contribution is -0.137. The molecule has 3 heterocycles. The third-order valence-corrected chi connectivity index (χ3v) is 5.41. The van der Waals surface area contributed by atoms with Gasteiger partial charge in [0.25, 0.3) is 0 Å². The Labute approximate surface area is 176 Å². The SMILES string of the molecule is FC(F)(F)c1cccc(-n2cc(-c3ccccc3)c3c(N4CCOCC4)ncnc32)c1. The van der Waals surface area contributed by atoms with Crippen LogP contribution in [0, 0.1) is 0 Å². The molecule has 0 spiro atoms. The number of hydrogen-bond donors (Lipinski definition) is 0. The summed E-state index contributed by atoms with van der Waals surface area (Å²) >= 11 is 0. The summed E-state index contributed by atoms with van der Waals surface area (Å²) in [5, 5.41) is 0.813. The minimum absolute atomic E-state index is 0.397. The summed E-state index contributed by atoms with van der Waals surface area (Å²) < 4.78 is 47.1. The second kappa shape index (κ2) is 7.70. The second-order valence-corrected chi connectivity index (χ2v) is 7.32. The number of fused-ring (bicyclic) bond motifs is 1. The van der Waals surface area contributed by atoms with E-state index in [2.05, 4.69) is 14.9 Å². The van der Waals surface area contributed by atoms with Gasteiger partial charge in [0.2, 0.25) is 0 Å². The van der Waals surface area contributed by atoms with Crippen molar-refractivity contribution in [1.29, 1.82) is 0 Å². The average molecular weight is 424 g/mol. The van der Waals surface area contributed by atoms with Gasteiger partial charge in [-0.15, -0.1) is 0 Å². The van der Waals surface area contributed by atoms with Crippen molar-refractivity contribution in [2.45, 2.75) is 6.18 Å². The van der Waals surface area contributed by atoms with E-state index in [9.17, 15) is 13.2 Å². The molecule has 4 aromatic rings. The summed E-state index contributed by atoms with van der Waals surface area (Å²) in [6.45, 7) is 2.57. The van der Waals surface area contributed by atoms with Crippen LogP contribution in [0.15, 0.2) is 67.1 Å². The van der Waals surface area contributed by atoms with Gasteiger partial charge in [-0.25, -0.2) is 9.97 Å². The molecule has 158 valence electrons. The minimum Gasteiger partial charge on any atom is -0.378 e. The van der Waals surface area contributed by atoms with Crippen LogP contribution in [0.4, 0.5) is 19.0 Å². The standard InChI is InChI=1S/C23H19F3N4O/c24-23(25,26)17-7-4-8-18(13-17)30-14-19(16-5-2-1-3-6-16)20-21(27-15-28-22(20)30)29-9-11-31-12-10-29/h1-8,13-15H,9-12H2. The Kier molecular flexibility index (Phi) is 4.86. The third-order valence-electron chi connectivity index (χ3n) is 5.41. The maximum absolute atomic E-state index is 13.3. The molecule has 1 saturated heterocycles. The monoisotopic (exact) mass is 424 g/mol. The van der Waals surface area contributed by atoms with Crippen molar-refractivity contribution in [1.82, 2.24) is 14.5 Å². The number of hydrogen-bond acceptors (Lipinski definition) is 4. The van der Waals surface area contributed by atoms with E-state index in [1.54, 1.807) is 10.6 Å². The molecule has 0 aliphatic carbocycles. The van der Waals surface area contributed by atoms with E-state index in [-0.39, 0.29) is 0 Å². The highest BCUT2D eigenvalue weighted by Gasteiger charge is 2.31. The number of rotatable bonds is 3. The molecule has 2 aromatic heterocycles. The largest absolute Gasteiger partial charge is 0.416 e. The zero-order valence-corrected chi connectivity index (χ0v) is 16.5. The highest BCUT2D eigenvalue weighted by Crippen LogP contribution is 2.38. The van der Waals surface area contributed by atoms with Crippen molar-refractivity contribution >= 4 is 16.9 Å². The molecule has 1 aliphatic rings. The lowest BCUT2D eigenvalue weighted by Gasteiger charge is -2.28. The first kappa shape index (κ1) is 19.6. The van der Waals surface area contributed by atoms with Gasteiger partial charge in [0, 0.05) is 30.5 Å². The van der Waals surface area contributed by atoms with E-state index in [1.165, 1.54) is 12.4 Å². The highest BCUT2D eigenvalue weighted by molar-refractivity contribution is 6.02. The van der Waals surface area contributed by atoms with Crippen molar-refractivity contribution in [3.05, 3.63) is 72.7 Å². The highest BCUT2D eigenvalue weighted by atomic mass is 19.4. The molecule has 0 saturated carbocycles. The summed E-state index contributed by atoms with van der Waals surface area (Å²) in [7, 11) is 0. The molecule has 0 radical (unpaired) electrons. The van der Waals surface area contributed by atoms with Gasteiger partial charge in [-0.3, -0.25) is 0 Å². The molecule has 1 aliphatic heterocycles. The summed E-state index contributed by atoms with van der Waals surface area (Å²) in [6, 6.07) is 15.0. The van der Waals surface area contributed by atoms with Crippen LogP contribution in [0.25, 0.3) is 27.8 Å². The first-order valence-electron chi connectivity index (χ1n) is 9.94. The quantitative estimate of drug-likeness (QED) is 0.467. The zero-order valence-electron chi connectivity index (χ0n) is 16.5. The number of benzene rings is 2. The van der Waals surface area contributed by atoms with Crippen LogP contribution in [0.3, 0.4) is 0 Å². The molecule has 2 aromatic carbocycles. The minimum atomic E-state index is -4.42. The Balaban J connectivity index is 1.76. The number of anilines is 1. The fraction of sp³-hybridized carbons (Fsp3) is 0.217. The number of morpholine rings is 1. The Morgan fingerprint density at radius 1 is 0.903 bits per heavy atom. The van der Waals surface area contributed by atoms with Crippen LogP contribution < -0.4 is 4.90 Å². The van der Waals surface area contributed by atoms with Crippen molar-refractivity contribution in [2.75, 3.05) is 31.2 Å². The maximum atomic E-state index is 13.3. The van der Waals surface area contributed by atoms with Gasteiger partial charge in [-0.05, 0) is 23.8 Å². The normalized spacial score (nSPS) is 14.9. The predicted octanol–water partition coefficient (Wildman–Crippen LogP) is 4.94. The Hall–Kier alpha value is -3.39. The fourth-order valence-corrected chi connectivity index (χ4v) is 3.93. The molecule has 0 atom stereocenters. The van der Waals surface area contributed by atoms with Gasteiger partial charge in [0.05, 0.1) is 24.2 Å². The van der Waals surface area contributed by atoms with E-state index in [1.807, 2.05) is 36.5 Å². The van der Waals surface area contributed by atoms with Crippen LogP contribution in [0.2, 0.25) is 0 Å².